The summed E-state index contributed by atoms with van der Waals surface area (Å²) in [4.78, 5) is 14.0. The lowest BCUT2D eigenvalue weighted by Crippen LogP contribution is -2.13. The van der Waals surface area contributed by atoms with Gasteiger partial charge in [-0.1, -0.05) is 93.8 Å². The molecule has 0 aliphatic heterocycles. The summed E-state index contributed by atoms with van der Waals surface area (Å²) < 4.78 is 6.18. The Hall–Kier alpha value is -4.91. The molecule has 0 aliphatic rings. The Morgan fingerprint density at radius 2 is 1.36 bits per heavy atom. The smallest absolute Gasteiger partial charge is 0.320 e. The number of hydrogen-bond donors (Lipinski definition) is 3. The van der Waals surface area contributed by atoms with Crippen LogP contribution < -0.4 is 4.74 Å². The van der Waals surface area contributed by atoms with Gasteiger partial charge in [-0.2, -0.15) is 9.97 Å². The minimum Gasteiger partial charge on any atom is -0.508 e. The van der Waals surface area contributed by atoms with Crippen molar-refractivity contribution in [2.24, 2.45) is 5.92 Å². The summed E-state index contributed by atoms with van der Waals surface area (Å²) in [5.41, 5.74) is 0.772. The molecule has 42 heavy (non-hydrogen) atoms. The van der Waals surface area contributed by atoms with Gasteiger partial charge in [-0.25, -0.2) is 4.98 Å². The van der Waals surface area contributed by atoms with E-state index in [4.69, 9.17) is 14.7 Å². The van der Waals surface area contributed by atoms with E-state index in [1.807, 2.05) is 30.3 Å². The van der Waals surface area contributed by atoms with E-state index in [0.717, 1.165) is 75.7 Å². The summed E-state index contributed by atoms with van der Waals surface area (Å²) in [5, 5.41) is 37.7. The van der Waals surface area contributed by atoms with Crippen LogP contribution in [0.3, 0.4) is 0 Å². The van der Waals surface area contributed by atoms with Gasteiger partial charge in [-0.3, -0.25) is 0 Å². The molecule has 5 aromatic carbocycles. The van der Waals surface area contributed by atoms with E-state index >= 15 is 0 Å². The second-order valence-electron chi connectivity index (χ2n) is 10.7. The van der Waals surface area contributed by atoms with Gasteiger partial charge in [0.25, 0.3) is 0 Å². The molecule has 0 fully saturated rings. The Bertz CT molecular complexity index is 1900. The number of aromatic hydroxyl groups is 3. The summed E-state index contributed by atoms with van der Waals surface area (Å²) in [6.07, 6.45) is 4.23. The number of unbranched alkanes of at least 4 members (excludes halogenated alkanes) is 1. The normalized spacial score (nSPS) is 12.2. The molecule has 0 spiro atoms. The van der Waals surface area contributed by atoms with Gasteiger partial charge in [0.05, 0.1) is 6.61 Å². The van der Waals surface area contributed by atoms with Gasteiger partial charge in [0.1, 0.15) is 22.8 Å². The van der Waals surface area contributed by atoms with Crippen LogP contribution in [0.5, 0.6) is 23.3 Å². The molecule has 0 radical (unpaired) electrons. The minimum atomic E-state index is -0.348. The molecule has 1 heterocycles. The lowest BCUT2D eigenvalue weighted by molar-refractivity contribution is 0.217. The van der Waals surface area contributed by atoms with Crippen LogP contribution in [-0.2, 0) is 0 Å². The average Bonchev–Trinajstić information content (AvgIpc) is 3.00. The molecule has 3 N–H and O–H groups in total. The van der Waals surface area contributed by atoms with E-state index in [0.29, 0.717) is 18.3 Å². The molecule has 0 bridgehead atoms. The van der Waals surface area contributed by atoms with Crippen LogP contribution in [-0.4, -0.2) is 36.9 Å². The molecule has 212 valence electrons. The predicted octanol–water partition coefficient (Wildman–Crippen LogP) is 8.38. The Morgan fingerprint density at radius 1 is 0.690 bits per heavy atom. The molecule has 6 rings (SSSR count). The highest BCUT2D eigenvalue weighted by molar-refractivity contribution is 6.20. The predicted molar refractivity (Wildman–Crippen MR) is 167 cm³/mol. The quantitative estimate of drug-likeness (QED) is 0.153. The van der Waals surface area contributed by atoms with Crippen molar-refractivity contribution in [2.45, 2.75) is 39.5 Å². The van der Waals surface area contributed by atoms with Crippen molar-refractivity contribution in [1.29, 1.82) is 0 Å². The topological polar surface area (TPSA) is 109 Å². The number of benzene rings is 5. The molecule has 1 atom stereocenters. The summed E-state index contributed by atoms with van der Waals surface area (Å²) in [5.74, 6) is -0.215. The van der Waals surface area contributed by atoms with Crippen LogP contribution in [0.15, 0.2) is 78.9 Å². The second kappa shape index (κ2) is 11.5. The molecule has 0 saturated carbocycles. The van der Waals surface area contributed by atoms with E-state index in [2.05, 4.69) is 55.2 Å². The van der Waals surface area contributed by atoms with Crippen LogP contribution in [0.25, 0.3) is 55.1 Å². The second-order valence-corrected chi connectivity index (χ2v) is 10.7. The number of ether oxygens (including phenoxy) is 1. The first kappa shape index (κ1) is 27.3. The van der Waals surface area contributed by atoms with E-state index in [1.165, 1.54) is 0 Å². The van der Waals surface area contributed by atoms with Crippen LogP contribution in [0, 0.1) is 5.92 Å². The van der Waals surface area contributed by atoms with Gasteiger partial charge in [0.2, 0.25) is 0 Å². The standard InChI is InChI=1S/C35H33N3O4/c1-3-5-10-21(4-2)20-42-35-37-33(36-34(38-35)32-30(40)17-23(39)18-31(32)41)29-19-28-24-12-7-6-11-22(24)15-16-27(28)25-13-8-9-14-26(25)29/h6-9,11-19,21,39-41H,3-5,10,20H2,1-2H3. The van der Waals surface area contributed by atoms with Crippen LogP contribution >= 0.6 is 0 Å². The highest BCUT2D eigenvalue weighted by Crippen LogP contribution is 2.41. The summed E-state index contributed by atoms with van der Waals surface area (Å²) in [7, 11) is 0. The number of nitrogens with zero attached hydrogens (tertiary/aromatic N) is 3. The van der Waals surface area contributed by atoms with E-state index in [1.54, 1.807) is 0 Å². The van der Waals surface area contributed by atoms with Gasteiger partial charge in [-0.05, 0) is 50.7 Å². The molecule has 1 unspecified atom stereocenters. The van der Waals surface area contributed by atoms with Crippen molar-refractivity contribution in [1.82, 2.24) is 15.0 Å². The molecule has 0 amide bonds. The zero-order valence-corrected chi connectivity index (χ0v) is 23.7. The van der Waals surface area contributed by atoms with Gasteiger partial charge in [0.15, 0.2) is 11.6 Å². The highest BCUT2D eigenvalue weighted by Gasteiger charge is 2.21. The van der Waals surface area contributed by atoms with Crippen molar-refractivity contribution >= 4 is 32.3 Å². The van der Waals surface area contributed by atoms with Crippen molar-refractivity contribution < 1.29 is 20.1 Å². The van der Waals surface area contributed by atoms with Gasteiger partial charge >= 0.3 is 6.01 Å². The van der Waals surface area contributed by atoms with Crippen molar-refractivity contribution in [3.05, 3.63) is 78.9 Å². The third-order valence-corrected chi connectivity index (χ3v) is 7.92. The fraction of sp³-hybridized carbons (Fsp3) is 0.229. The molecule has 7 heteroatoms. The third-order valence-electron chi connectivity index (χ3n) is 7.92. The summed E-state index contributed by atoms with van der Waals surface area (Å²) in [6, 6.07) is 25.2. The number of phenols is 3. The third kappa shape index (κ3) is 5.14. The molecular weight excluding hydrogens is 526 g/mol. The van der Waals surface area contributed by atoms with Gasteiger partial charge in [0, 0.05) is 17.7 Å². The van der Waals surface area contributed by atoms with Gasteiger partial charge in [-0.15, -0.1) is 0 Å². The molecule has 0 saturated heterocycles. The van der Waals surface area contributed by atoms with Crippen LogP contribution in [0.1, 0.15) is 39.5 Å². The first-order valence-corrected chi connectivity index (χ1v) is 14.4. The maximum Gasteiger partial charge on any atom is 0.320 e. The first-order chi connectivity index (χ1) is 20.5. The molecule has 0 aliphatic carbocycles. The largest absolute Gasteiger partial charge is 0.508 e. The highest BCUT2D eigenvalue weighted by atomic mass is 16.5. The SMILES string of the molecule is CCCCC(CC)COc1nc(-c2c(O)cc(O)cc2O)nc(-c2cc3c4ccccc4ccc3c3ccccc23)n1. The average molecular weight is 560 g/mol. The Balaban J connectivity index is 1.58. The Labute approximate surface area is 244 Å². The Kier molecular flexibility index (Phi) is 7.48. The van der Waals surface area contributed by atoms with Crippen LogP contribution in [0.4, 0.5) is 0 Å². The minimum absolute atomic E-state index is 0.00475. The number of phenolic OH excluding ortho intramolecular Hbond substituents is 3. The fourth-order valence-corrected chi connectivity index (χ4v) is 5.62. The molecule has 6 aromatic rings. The first-order valence-electron chi connectivity index (χ1n) is 14.4. The lowest BCUT2D eigenvalue weighted by atomic mass is 9.93. The maximum atomic E-state index is 10.7. The maximum absolute atomic E-state index is 10.7. The van der Waals surface area contributed by atoms with Crippen molar-refractivity contribution in [2.75, 3.05) is 6.61 Å². The zero-order chi connectivity index (χ0) is 29.2. The number of aromatic nitrogens is 3. The van der Waals surface area contributed by atoms with Gasteiger partial charge < -0.3 is 20.1 Å². The summed E-state index contributed by atoms with van der Waals surface area (Å²) in [6.45, 7) is 4.76. The van der Waals surface area contributed by atoms with Crippen molar-refractivity contribution in [3.63, 3.8) is 0 Å². The van der Waals surface area contributed by atoms with E-state index < -0.39 is 0 Å². The van der Waals surface area contributed by atoms with E-state index in [-0.39, 0.29) is 34.6 Å². The lowest BCUT2D eigenvalue weighted by Gasteiger charge is -2.16. The van der Waals surface area contributed by atoms with E-state index in [9.17, 15) is 15.3 Å². The number of hydrogen-bond acceptors (Lipinski definition) is 7. The summed E-state index contributed by atoms with van der Waals surface area (Å²) >= 11 is 0. The molecular formula is C35H33N3O4. The van der Waals surface area contributed by atoms with Crippen LogP contribution in [0.2, 0.25) is 0 Å². The number of fused-ring (bicyclic) bond motifs is 5. The molecule has 7 nitrogen and oxygen atoms in total. The fourth-order valence-electron chi connectivity index (χ4n) is 5.62. The number of rotatable bonds is 9. The van der Waals surface area contributed by atoms with Crippen molar-refractivity contribution in [3.8, 4) is 46.0 Å². The zero-order valence-electron chi connectivity index (χ0n) is 23.7. The Morgan fingerprint density at radius 3 is 2.10 bits per heavy atom. The molecule has 1 aromatic heterocycles. The monoisotopic (exact) mass is 559 g/mol.